The predicted octanol–water partition coefficient (Wildman–Crippen LogP) is 3.47. The van der Waals surface area contributed by atoms with Gasteiger partial charge in [-0.2, -0.15) is 8.78 Å². The van der Waals surface area contributed by atoms with Crippen LogP contribution < -0.4 is 5.73 Å². The maximum absolute atomic E-state index is 13.6. The summed E-state index contributed by atoms with van der Waals surface area (Å²) >= 11 is 3.57. The Hall–Kier alpha value is -0.530. The van der Waals surface area contributed by atoms with E-state index in [1.807, 2.05) is 0 Å². The van der Waals surface area contributed by atoms with E-state index in [-0.39, 0.29) is 4.47 Å². The molecule has 1 aromatic carbocycles. The van der Waals surface area contributed by atoms with Crippen LogP contribution in [0.3, 0.4) is 0 Å². The lowest BCUT2D eigenvalue weighted by molar-refractivity contribution is 0.0595. The monoisotopic (exact) mass is 357 g/mol. The van der Waals surface area contributed by atoms with Crippen molar-refractivity contribution in [3.8, 4) is 0 Å². The van der Waals surface area contributed by atoms with Crippen LogP contribution in [-0.2, 0) is 10.2 Å². The standard InChI is InChI=1S/C9H7BrF2NO3PS/c10-7-5-3-4(13)1-2-6(5)18-8(7)9(11,12)17(14,15)16/h1-3H,13H2,(H2,14,15,16). The van der Waals surface area contributed by atoms with Crippen LogP contribution in [0.5, 0.6) is 0 Å². The highest BCUT2D eigenvalue weighted by atomic mass is 79.9. The summed E-state index contributed by atoms with van der Waals surface area (Å²) in [4.78, 5) is 16.8. The van der Waals surface area contributed by atoms with Crippen molar-refractivity contribution in [2.45, 2.75) is 5.66 Å². The smallest absolute Gasteiger partial charge is 0.399 e. The van der Waals surface area contributed by atoms with Crippen molar-refractivity contribution < 1.29 is 23.1 Å². The number of rotatable bonds is 2. The first-order valence-electron chi connectivity index (χ1n) is 4.56. The van der Waals surface area contributed by atoms with Crippen LogP contribution in [0, 0.1) is 0 Å². The number of halogens is 3. The molecule has 98 valence electrons. The molecule has 4 nitrogen and oxygen atoms in total. The molecule has 0 aliphatic rings. The molecule has 0 bridgehead atoms. The lowest BCUT2D eigenvalue weighted by Crippen LogP contribution is -2.12. The second kappa shape index (κ2) is 4.25. The van der Waals surface area contributed by atoms with Crippen molar-refractivity contribution in [2.75, 3.05) is 5.73 Å². The van der Waals surface area contributed by atoms with Gasteiger partial charge in [-0.1, -0.05) is 0 Å². The van der Waals surface area contributed by atoms with Crippen molar-refractivity contribution in [3.63, 3.8) is 0 Å². The maximum Gasteiger partial charge on any atom is 0.400 e. The molecule has 1 aromatic heterocycles. The maximum atomic E-state index is 13.6. The molecule has 0 aliphatic carbocycles. The minimum absolute atomic E-state index is 0.0388. The molecule has 18 heavy (non-hydrogen) atoms. The Morgan fingerprint density at radius 3 is 2.56 bits per heavy atom. The van der Waals surface area contributed by atoms with Gasteiger partial charge in [-0.25, -0.2) is 0 Å². The Kier molecular flexibility index (Phi) is 3.28. The van der Waals surface area contributed by atoms with Crippen molar-refractivity contribution in [3.05, 3.63) is 27.5 Å². The van der Waals surface area contributed by atoms with Crippen LogP contribution in [-0.4, -0.2) is 9.79 Å². The summed E-state index contributed by atoms with van der Waals surface area (Å²) < 4.78 is 38.6. The Labute approximate surface area is 113 Å². The van der Waals surface area contributed by atoms with E-state index in [9.17, 15) is 13.3 Å². The van der Waals surface area contributed by atoms with Gasteiger partial charge in [0.05, 0.1) is 0 Å². The van der Waals surface area contributed by atoms with Crippen molar-refractivity contribution in [2.24, 2.45) is 0 Å². The van der Waals surface area contributed by atoms with Gasteiger partial charge in [-0.3, -0.25) is 4.57 Å². The van der Waals surface area contributed by atoms with E-state index in [0.717, 1.165) is 0 Å². The quantitative estimate of drug-likeness (QED) is 0.567. The molecule has 0 spiro atoms. The van der Waals surface area contributed by atoms with Gasteiger partial charge >= 0.3 is 13.3 Å². The molecule has 0 unspecified atom stereocenters. The van der Waals surface area contributed by atoms with E-state index >= 15 is 0 Å². The zero-order chi connectivity index (χ0) is 13.7. The fraction of sp³-hybridized carbons (Fsp3) is 0.111. The van der Waals surface area contributed by atoms with E-state index in [1.54, 1.807) is 0 Å². The van der Waals surface area contributed by atoms with Gasteiger partial charge in [-0.15, -0.1) is 11.3 Å². The molecule has 0 saturated carbocycles. The van der Waals surface area contributed by atoms with E-state index < -0.39 is 18.1 Å². The number of hydrogen-bond acceptors (Lipinski definition) is 3. The number of benzene rings is 1. The third-order valence-electron chi connectivity index (χ3n) is 2.29. The summed E-state index contributed by atoms with van der Waals surface area (Å²) in [6.45, 7) is 0. The molecule has 2 rings (SSSR count). The Morgan fingerprint density at radius 1 is 1.39 bits per heavy atom. The summed E-state index contributed by atoms with van der Waals surface area (Å²) in [7, 11) is -5.57. The minimum atomic E-state index is -5.57. The van der Waals surface area contributed by atoms with Gasteiger partial charge in [0.2, 0.25) is 0 Å². The first-order chi connectivity index (χ1) is 8.14. The van der Waals surface area contributed by atoms with Crippen LogP contribution in [0.15, 0.2) is 22.7 Å². The summed E-state index contributed by atoms with van der Waals surface area (Å²) in [6, 6.07) is 4.53. The topological polar surface area (TPSA) is 83.6 Å². The number of alkyl halides is 2. The van der Waals surface area contributed by atoms with E-state index in [1.165, 1.54) is 18.2 Å². The highest BCUT2D eigenvalue weighted by Gasteiger charge is 2.53. The summed E-state index contributed by atoms with van der Waals surface area (Å²) in [5.74, 6) is 0. The predicted molar refractivity (Wildman–Crippen MR) is 69.9 cm³/mol. The molecule has 0 aliphatic heterocycles. The zero-order valence-electron chi connectivity index (χ0n) is 8.60. The van der Waals surface area contributed by atoms with Gasteiger partial charge in [0.25, 0.3) is 0 Å². The van der Waals surface area contributed by atoms with Crippen LogP contribution in [0.2, 0.25) is 0 Å². The van der Waals surface area contributed by atoms with Crippen molar-refractivity contribution >= 4 is 50.6 Å². The molecular formula is C9H7BrF2NO3PS. The van der Waals surface area contributed by atoms with Crippen LogP contribution in [0.25, 0.3) is 10.1 Å². The molecule has 0 saturated heterocycles. The third-order valence-corrected chi connectivity index (χ3v) is 5.72. The van der Waals surface area contributed by atoms with Gasteiger partial charge in [-0.05, 0) is 34.1 Å². The van der Waals surface area contributed by atoms with Crippen molar-refractivity contribution in [1.82, 2.24) is 0 Å². The summed E-state index contributed by atoms with van der Waals surface area (Å²) in [6.07, 6.45) is 0. The molecule has 0 radical (unpaired) electrons. The average molecular weight is 358 g/mol. The lowest BCUT2D eigenvalue weighted by Gasteiger charge is -2.16. The van der Waals surface area contributed by atoms with E-state index in [0.29, 0.717) is 27.1 Å². The molecule has 9 heteroatoms. The van der Waals surface area contributed by atoms with Crippen molar-refractivity contribution in [1.29, 1.82) is 0 Å². The second-order valence-corrected chi connectivity index (χ2v) is 7.08. The average Bonchev–Trinajstić information content (AvgIpc) is 2.55. The highest BCUT2D eigenvalue weighted by molar-refractivity contribution is 9.10. The number of thiophene rings is 1. The fourth-order valence-electron chi connectivity index (χ4n) is 1.41. The second-order valence-electron chi connectivity index (χ2n) is 3.59. The highest BCUT2D eigenvalue weighted by Crippen LogP contribution is 2.62. The summed E-state index contributed by atoms with van der Waals surface area (Å²) in [5, 5.41) is 0.406. The third kappa shape index (κ3) is 2.08. The molecule has 0 fully saturated rings. The molecule has 0 atom stereocenters. The molecule has 0 amide bonds. The van der Waals surface area contributed by atoms with E-state index in [2.05, 4.69) is 15.9 Å². The molecular weight excluding hydrogens is 351 g/mol. The molecule has 2 aromatic rings. The first-order valence-corrected chi connectivity index (χ1v) is 7.78. The number of nitrogen functional groups attached to an aromatic ring is 1. The van der Waals surface area contributed by atoms with Crippen LogP contribution in [0.1, 0.15) is 4.88 Å². The number of anilines is 1. The SMILES string of the molecule is Nc1ccc2sc(C(F)(F)P(=O)(O)O)c(Br)c2c1. The Bertz CT molecular complexity index is 669. The molecule has 4 N–H and O–H groups in total. The molecule has 1 heterocycles. The summed E-state index contributed by atoms with van der Waals surface area (Å²) in [5.41, 5.74) is 1.70. The lowest BCUT2D eigenvalue weighted by atomic mass is 10.2. The number of hydrogen-bond donors (Lipinski definition) is 3. The number of fused-ring (bicyclic) bond motifs is 1. The Balaban J connectivity index is 2.74. The number of nitrogens with two attached hydrogens (primary N) is 1. The van der Waals surface area contributed by atoms with Gasteiger partial charge in [0, 0.05) is 20.2 Å². The van der Waals surface area contributed by atoms with Crippen LogP contribution >= 0.6 is 34.9 Å². The first kappa shape index (κ1) is 13.9. The minimum Gasteiger partial charge on any atom is -0.399 e. The zero-order valence-corrected chi connectivity index (χ0v) is 11.9. The van der Waals surface area contributed by atoms with Gasteiger partial charge < -0.3 is 15.5 Å². The van der Waals surface area contributed by atoms with Gasteiger partial charge in [0.1, 0.15) is 4.88 Å². The van der Waals surface area contributed by atoms with Gasteiger partial charge in [0.15, 0.2) is 0 Å². The normalized spacial score (nSPS) is 13.2. The fourth-order valence-corrected chi connectivity index (χ4v) is 4.33. The van der Waals surface area contributed by atoms with Crippen LogP contribution in [0.4, 0.5) is 14.5 Å². The largest absolute Gasteiger partial charge is 0.400 e. The van der Waals surface area contributed by atoms with E-state index in [4.69, 9.17) is 15.5 Å². The Morgan fingerprint density at radius 2 is 2.00 bits per heavy atom.